The van der Waals surface area contributed by atoms with Crippen LogP contribution in [0.1, 0.15) is 6.42 Å². The molecule has 11 heavy (non-hydrogen) atoms. The summed E-state index contributed by atoms with van der Waals surface area (Å²) in [5.41, 5.74) is 0. The second-order valence-electron chi connectivity index (χ2n) is 2.04. The Bertz CT molecular complexity index is 157. The van der Waals surface area contributed by atoms with Crippen molar-refractivity contribution in [3.8, 4) is 0 Å². The highest BCUT2D eigenvalue weighted by atomic mass is 16.5. The minimum Gasteiger partial charge on any atom is -0.481 e. The van der Waals surface area contributed by atoms with E-state index in [9.17, 15) is 9.59 Å². The van der Waals surface area contributed by atoms with E-state index in [2.05, 4.69) is 4.74 Å². The van der Waals surface area contributed by atoms with E-state index >= 15 is 0 Å². The fourth-order valence-electron chi connectivity index (χ4n) is 0.510. The molecule has 1 N–H and O–H groups in total. The van der Waals surface area contributed by atoms with Crippen molar-refractivity contribution in [2.75, 3.05) is 20.7 Å². The molecule has 0 spiro atoms. The standard InChI is InChI=1S/C6H11NO4/c1-7(6(10)11-2)4-3-5(8)9/h3-4H2,1-2H3,(H,8,9). The lowest BCUT2D eigenvalue weighted by molar-refractivity contribution is -0.137. The molecule has 5 nitrogen and oxygen atoms in total. The number of carboxylic acids is 1. The fraction of sp³-hybridized carbons (Fsp3) is 0.667. The zero-order valence-corrected chi connectivity index (χ0v) is 6.53. The number of nitrogens with zero attached hydrogens (tertiary/aromatic N) is 1. The van der Waals surface area contributed by atoms with E-state index in [1.165, 1.54) is 19.1 Å². The van der Waals surface area contributed by atoms with Crippen LogP contribution in [0.5, 0.6) is 0 Å². The van der Waals surface area contributed by atoms with Crippen molar-refractivity contribution in [2.45, 2.75) is 6.42 Å². The Morgan fingerprint density at radius 1 is 1.55 bits per heavy atom. The van der Waals surface area contributed by atoms with Gasteiger partial charge >= 0.3 is 12.1 Å². The maximum atomic E-state index is 10.6. The molecule has 0 fully saturated rings. The molecule has 0 aliphatic heterocycles. The van der Waals surface area contributed by atoms with Gasteiger partial charge in [-0.05, 0) is 0 Å². The average molecular weight is 161 g/mol. The van der Waals surface area contributed by atoms with E-state index in [4.69, 9.17) is 5.11 Å². The third-order valence-corrected chi connectivity index (χ3v) is 1.15. The van der Waals surface area contributed by atoms with Gasteiger partial charge in [-0.3, -0.25) is 4.79 Å². The Hall–Kier alpha value is -1.26. The predicted molar refractivity (Wildman–Crippen MR) is 37.3 cm³/mol. The molecule has 0 bridgehead atoms. The van der Waals surface area contributed by atoms with Crippen molar-refractivity contribution < 1.29 is 19.4 Å². The summed E-state index contributed by atoms with van der Waals surface area (Å²) in [7, 11) is 2.73. The van der Waals surface area contributed by atoms with Crippen LogP contribution in [0.15, 0.2) is 0 Å². The van der Waals surface area contributed by atoms with Crippen LogP contribution in [0.4, 0.5) is 4.79 Å². The lowest BCUT2D eigenvalue weighted by atomic mass is 10.4. The number of aliphatic carboxylic acids is 1. The van der Waals surface area contributed by atoms with Crippen LogP contribution in [-0.2, 0) is 9.53 Å². The molecule has 0 rings (SSSR count). The molecular formula is C6H11NO4. The molecule has 0 unspecified atom stereocenters. The number of ether oxygens (including phenoxy) is 1. The van der Waals surface area contributed by atoms with Crippen LogP contribution in [0, 0.1) is 0 Å². The second kappa shape index (κ2) is 4.54. The van der Waals surface area contributed by atoms with E-state index < -0.39 is 12.1 Å². The highest BCUT2D eigenvalue weighted by Crippen LogP contribution is 1.90. The Balaban J connectivity index is 3.60. The normalized spacial score (nSPS) is 8.91. The van der Waals surface area contributed by atoms with Gasteiger partial charge in [0.2, 0.25) is 0 Å². The minimum atomic E-state index is -0.930. The second-order valence-corrected chi connectivity index (χ2v) is 2.04. The van der Waals surface area contributed by atoms with Gasteiger partial charge in [0, 0.05) is 13.6 Å². The lowest BCUT2D eigenvalue weighted by Gasteiger charge is -2.13. The predicted octanol–water partition coefficient (Wildman–Crippen LogP) is 0.159. The van der Waals surface area contributed by atoms with Gasteiger partial charge in [0.05, 0.1) is 13.5 Å². The van der Waals surface area contributed by atoms with Crippen LogP contribution < -0.4 is 0 Å². The van der Waals surface area contributed by atoms with Gasteiger partial charge in [0.15, 0.2) is 0 Å². The molecule has 1 amide bonds. The summed E-state index contributed by atoms with van der Waals surface area (Å²) in [6.45, 7) is 0.169. The van der Waals surface area contributed by atoms with Gasteiger partial charge in [-0.2, -0.15) is 0 Å². The van der Waals surface area contributed by atoms with E-state index in [1.807, 2.05) is 0 Å². The highest BCUT2D eigenvalue weighted by molar-refractivity contribution is 5.70. The maximum Gasteiger partial charge on any atom is 0.409 e. The number of hydrogen-bond acceptors (Lipinski definition) is 3. The number of carbonyl (C=O) groups is 2. The van der Waals surface area contributed by atoms with Crippen molar-refractivity contribution in [1.29, 1.82) is 0 Å². The average Bonchev–Trinajstić information content (AvgIpc) is 1.98. The van der Waals surface area contributed by atoms with E-state index in [1.54, 1.807) is 0 Å². The van der Waals surface area contributed by atoms with Gasteiger partial charge in [0.25, 0.3) is 0 Å². The molecule has 0 radical (unpaired) electrons. The first kappa shape index (κ1) is 9.74. The van der Waals surface area contributed by atoms with Gasteiger partial charge in [-0.15, -0.1) is 0 Å². The summed E-state index contributed by atoms with van der Waals surface area (Å²) >= 11 is 0. The third-order valence-electron chi connectivity index (χ3n) is 1.15. The number of rotatable bonds is 3. The summed E-state index contributed by atoms with van der Waals surface area (Å²) < 4.78 is 4.34. The smallest absolute Gasteiger partial charge is 0.409 e. The number of carboxylic acid groups (broad SMARTS) is 1. The first-order chi connectivity index (χ1) is 5.07. The highest BCUT2D eigenvalue weighted by Gasteiger charge is 2.08. The van der Waals surface area contributed by atoms with E-state index in [-0.39, 0.29) is 13.0 Å². The number of hydrogen-bond donors (Lipinski definition) is 1. The number of amides is 1. The molecule has 0 saturated heterocycles. The third kappa shape index (κ3) is 4.19. The Morgan fingerprint density at radius 3 is 2.45 bits per heavy atom. The fourth-order valence-corrected chi connectivity index (χ4v) is 0.510. The van der Waals surface area contributed by atoms with Crippen molar-refractivity contribution in [3.63, 3.8) is 0 Å². The first-order valence-corrected chi connectivity index (χ1v) is 3.08. The van der Waals surface area contributed by atoms with E-state index in [0.717, 1.165) is 0 Å². The summed E-state index contributed by atoms with van der Waals surface area (Å²) in [5, 5.41) is 8.24. The zero-order valence-electron chi connectivity index (χ0n) is 6.53. The van der Waals surface area contributed by atoms with Crippen LogP contribution >= 0.6 is 0 Å². The Labute approximate surface area is 64.6 Å². The Morgan fingerprint density at radius 2 is 2.09 bits per heavy atom. The quantitative estimate of drug-likeness (QED) is 0.640. The number of methoxy groups -OCH3 is 1. The maximum absolute atomic E-state index is 10.6. The van der Waals surface area contributed by atoms with Crippen molar-refractivity contribution in [1.82, 2.24) is 4.90 Å². The summed E-state index contributed by atoms with van der Waals surface area (Å²) in [6.07, 6.45) is -0.586. The molecule has 0 atom stereocenters. The molecule has 0 heterocycles. The Kier molecular flexibility index (Phi) is 4.02. The van der Waals surface area contributed by atoms with E-state index in [0.29, 0.717) is 0 Å². The molecular weight excluding hydrogens is 150 g/mol. The summed E-state index contributed by atoms with van der Waals surface area (Å²) in [6, 6.07) is 0. The molecule has 0 aliphatic carbocycles. The first-order valence-electron chi connectivity index (χ1n) is 3.08. The number of carbonyl (C=O) groups excluding carboxylic acids is 1. The van der Waals surface area contributed by atoms with Crippen molar-refractivity contribution in [2.24, 2.45) is 0 Å². The largest absolute Gasteiger partial charge is 0.481 e. The van der Waals surface area contributed by atoms with Gasteiger partial charge in [0.1, 0.15) is 0 Å². The van der Waals surface area contributed by atoms with Crippen LogP contribution in [0.25, 0.3) is 0 Å². The molecule has 0 saturated carbocycles. The van der Waals surface area contributed by atoms with Crippen LogP contribution in [0.3, 0.4) is 0 Å². The molecule has 0 aromatic carbocycles. The van der Waals surface area contributed by atoms with Gasteiger partial charge in [-0.25, -0.2) is 4.79 Å². The molecule has 64 valence electrons. The lowest BCUT2D eigenvalue weighted by Crippen LogP contribution is -2.28. The van der Waals surface area contributed by atoms with Gasteiger partial charge < -0.3 is 14.7 Å². The molecule has 0 aromatic rings. The zero-order chi connectivity index (χ0) is 8.85. The van der Waals surface area contributed by atoms with Crippen LogP contribution in [-0.4, -0.2) is 42.8 Å². The SMILES string of the molecule is COC(=O)N(C)CCC(=O)O. The topological polar surface area (TPSA) is 66.8 Å². The molecule has 0 aromatic heterocycles. The molecule has 0 aliphatic rings. The van der Waals surface area contributed by atoms with Crippen molar-refractivity contribution in [3.05, 3.63) is 0 Å². The monoisotopic (exact) mass is 161 g/mol. The summed E-state index contributed by atoms with van der Waals surface area (Å²) in [5.74, 6) is -0.930. The minimum absolute atomic E-state index is 0.0639. The molecule has 5 heteroatoms. The van der Waals surface area contributed by atoms with Crippen LogP contribution in [0.2, 0.25) is 0 Å². The van der Waals surface area contributed by atoms with Crippen molar-refractivity contribution >= 4 is 12.1 Å². The summed E-state index contributed by atoms with van der Waals surface area (Å²) in [4.78, 5) is 21.9. The van der Waals surface area contributed by atoms with Gasteiger partial charge in [-0.1, -0.05) is 0 Å².